The van der Waals surface area contributed by atoms with E-state index < -0.39 is 5.91 Å². The molecule has 28 heavy (non-hydrogen) atoms. The minimum Gasteiger partial charge on any atom is -0.449 e. The molecule has 0 aliphatic carbocycles. The Morgan fingerprint density at radius 3 is 2.46 bits per heavy atom. The summed E-state index contributed by atoms with van der Waals surface area (Å²) in [5.41, 5.74) is 2.97. The molecule has 1 saturated heterocycles. The maximum atomic E-state index is 12.7. The number of hydrogen-bond acceptors (Lipinski definition) is 4. The molecule has 0 saturated carbocycles. The summed E-state index contributed by atoms with van der Waals surface area (Å²) in [7, 11) is 0. The number of benzene rings is 2. The summed E-state index contributed by atoms with van der Waals surface area (Å²) >= 11 is 6.15. The minimum atomic E-state index is -0.398. The van der Waals surface area contributed by atoms with Gasteiger partial charge in [-0.3, -0.25) is 19.3 Å². The van der Waals surface area contributed by atoms with Crippen molar-refractivity contribution in [1.82, 2.24) is 0 Å². The third kappa shape index (κ3) is 2.96. The molecule has 1 aliphatic rings. The van der Waals surface area contributed by atoms with Crippen molar-refractivity contribution in [3.05, 3.63) is 58.3 Å². The molecule has 2 aromatic carbocycles. The average molecular weight is 397 g/mol. The van der Waals surface area contributed by atoms with Crippen molar-refractivity contribution < 1.29 is 18.8 Å². The van der Waals surface area contributed by atoms with Crippen molar-refractivity contribution >= 4 is 51.7 Å². The van der Waals surface area contributed by atoms with E-state index in [0.717, 1.165) is 5.39 Å². The number of aryl methyl sites for hydroxylation is 2. The van der Waals surface area contributed by atoms with Gasteiger partial charge in [-0.2, -0.15) is 0 Å². The van der Waals surface area contributed by atoms with Crippen LogP contribution in [0.3, 0.4) is 0 Å². The molecular weight excluding hydrogens is 380 g/mol. The summed E-state index contributed by atoms with van der Waals surface area (Å²) in [4.78, 5) is 37.8. The summed E-state index contributed by atoms with van der Waals surface area (Å²) in [6, 6.07) is 10.4. The van der Waals surface area contributed by atoms with Crippen LogP contribution in [0.1, 0.15) is 34.5 Å². The Labute approximate surface area is 166 Å². The fourth-order valence-electron chi connectivity index (χ4n) is 3.44. The monoisotopic (exact) mass is 396 g/mol. The maximum Gasteiger partial charge on any atom is 0.291 e. The Hall–Kier alpha value is -3.12. The van der Waals surface area contributed by atoms with E-state index in [2.05, 4.69) is 5.32 Å². The van der Waals surface area contributed by atoms with Crippen LogP contribution in [0.4, 0.5) is 11.4 Å². The molecule has 0 unspecified atom stereocenters. The minimum absolute atomic E-state index is 0.190. The van der Waals surface area contributed by atoms with Crippen molar-refractivity contribution in [2.24, 2.45) is 0 Å². The van der Waals surface area contributed by atoms with Crippen LogP contribution >= 0.6 is 11.6 Å². The number of nitrogens with zero attached hydrogens (tertiary/aromatic N) is 1. The Morgan fingerprint density at radius 1 is 1.11 bits per heavy atom. The van der Waals surface area contributed by atoms with Crippen LogP contribution in [0.15, 0.2) is 40.8 Å². The number of carbonyl (C=O) groups is 3. The van der Waals surface area contributed by atoms with Gasteiger partial charge in [-0.1, -0.05) is 23.7 Å². The first-order chi connectivity index (χ1) is 13.4. The summed E-state index contributed by atoms with van der Waals surface area (Å²) in [6.45, 7) is 3.59. The first-order valence-electron chi connectivity index (χ1n) is 8.82. The lowest BCUT2D eigenvalue weighted by atomic mass is 10.1. The summed E-state index contributed by atoms with van der Waals surface area (Å²) < 4.78 is 5.69. The normalized spacial score (nSPS) is 14.2. The molecule has 0 atom stereocenters. The predicted molar refractivity (Wildman–Crippen MR) is 107 cm³/mol. The molecule has 0 radical (unpaired) electrons. The van der Waals surface area contributed by atoms with Crippen molar-refractivity contribution in [2.75, 3.05) is 10.2 Å². The van der Waals surface area contributed by atoms with E-state index in [4.69, 9.17) is 16.0 Å². The van der Waals surface area contributed by atoms with Gasteiger partial charge < -0.3 is 9.73 Å². The second-order valence-electron chi connectivity index (χ2n) is 6.75. The van der Waals surface area contributed by atoms with Crippen LogP contribution in [0.2, 0.25) is 5.02 Å². The fraction of sp³-hybridized carbons (Fsp3) is 0.190. The molecule has 1 fully saturated rings. The van der Waals surface area contributed by atoms with E-state index in [1.54, 1.807) is 44.2 Å². The van der Waals surface area contributed by atoms with E-state index >= 15 is 0 Å². The SMILES string of the molecule is Cc1cc(NC(=O)c2oc3c(Cl)cccc3c2C)ccc1N1C(=O)CCC1=O. The zero-order chi connectivity index (χ0) is 20.0. The molecule has 142 valence electrons. The van der Waals surface area contributed by atoms with Gasteiger partial charge in [0.05, 0.1) is 10.7 Å². The highest BCUT2D eigenvalue weighted by Crippen LogP contribution is 2.32. The van der Waals surface area contributed by atoms with E-state index in [1.165, 1.54) is 4.90 Å². The summed E-state index contributed by atoms with van der Waals surface area (Å²) in [5.74, 6) is -0.626. The lowest BCUT2D eigenvalue weighted by molar-refractivity contribution is -0.121. The first-order valence-corrected chi connectivity index (χ1v) is 9.20. The van der Waals surface area contributed by atoms with E-state index in [1.807, 2.05) is 6.07 Å². The van der Waals surface area contributed by atoms with Crippen LogP contribution in [-0.4, -0.2) is 17.7 Å². The van der Waals surface area contributed by atoms with Gasteiger partial charge in [-0.25, -0.2) is 0 Å². The summed E-state index contributed by atoms with van der Waals surface area (Å²) in [5, 5.41) is 4.03. The van der Waals surface area contributed by atoms with Crippen LogP contribution < -0.4 is 10.2 Å². The number of anilines is 2. The topological polar surface area (TPSA) is 79.6 Å². The van der Waals surface area contributed by atoms with Gasteiger partial charge in [-0.15, -0.1) is 0 Å². The molecule has 6 nitrogen and oxygen atoms in total. The number of furan rings is 1. The number of carbonyl (C=O) groups excluding carboxylic acids is 3. The zero-order valence-electron chi connectivity index (χ0n) is 15.3. The van der Waals surface area contributed by atoms with Gasteiger partial charge in [0, 0.05) is 29.5 Å². The van der Waals surface area contributed by atoms with Gasteiger partial charge in [0.2, 0.25) is 11.8 Å². The number of halogens is 1. The van der Waals surface area contributed by atoms with Gasteiger partial charge in [0.25, 0.3) is 5.91 Å². The van der Waals surface area contributed by atoms with Crippen LogP contribution in [0, 0.1) is 13.8 Å². The number of nitrogens with one attached hydrogen (secondary N) is 1. The third-order valence-corrected chi connectivity index (χ3v) is 5.17. The van der Waals surface area contributed by atoms with Crippen molar-refractivity contribution in [3.63, 3.8) is 0 Å². The highest BCUT2D eigenvalue weighted by atomic mass is 35.5. The number of amides is 3. The maximum absolute atomic E-state index is 12.7. The van der Waals surface area contributed by atoms with Crippen molar-refractivity contribution in [3.8, 4) is 0 Å². The molecule has 0 bridgehead atoms. The Kier molecular flexibility index (Phi) is 4.43. The van der Waals surface area contributed by atoms with Gasteiger partial charge in [0.1, 0.15) is 0 Å². The molecule has 3 aromatic rings. The molecule has 1 aromatic heterocycles. The molecule has 0 spiro atoms. The number of imide groups is 1. The van der Waals surface area contributed by atoms with Crippen molar-refractivity contribution in [1.29, 1.82) is 0 Å². The fourth-order valence-corrected chi connectivity index (χ4v) is 3.66. The Bertz CT molecular complexity index is 1130. The average Bonchev–Trinajstić information content (AvgIpc) is 3.17. The quantitative estimate of drug-likeness (QED) is 0.655. The molecule has 3 amide bonds. The van der Waals surface area contributed by atoms with Crippen LogP contribution in [0.25, 0.3) is 11.0 Å². The standard InChI is InChI=1S/C21H17ClN2O4/c1-11-10-13(6-7-16(11)24-17(25)8-9-18(24)26)23-21(27)19-12(2)14-4-3-5-15(22)20(14)28-19/h3-7,10H,8-9H2,1-2H3,(H,23,27). The molecule has 1 aliphatic heterocycles. The Balaban J connectivity index is 1.61. The molecular formula is C21H17ClN2O4. The lowest BCUT2D eigenvalue weighted by Gasteiger charge is -2.17. The highest BCUT2D eigenvalue weighted by molar-refractivity contribution is 6.35. The first kappa shape index (κ1) is 18.3. The number of rotatable bonds is 3. The number of fused-ring (bicyclic) bond motifs is 1. The van der Waals surface area contributed by atoms with Crippen molar-refractivity contribution in [2.45, 2.75) is 26.7 Å². The third-order valence-electron chi connectivity index (χ3n) is 4.87. The van der Waals surface area contributed by atoms with E-state index in [-0.39, 0.29) is 30.4 Å². The number of para-hydroxylation sites is 1. The number of hydrogen-bond donors (Lipinski definition) is 1. The Morgan fingerprint density at radius 2 is 1.82 bits per heavy atom. The highest BCUT2D eigenvalue weighted by Gasteiger charge is 2.31. The smallest absolute Gasteiger partial charge is 0.291 e. The second-order valence-corrected chi connectivity index (χ2v) is 7.16. The largest absolute Gasteiger partial charge is 0.449 e. The zero-order valence-corrected chi connectivity index (χ0v) is 16.1. The molecule has 1 N–H and O–H groups in total. The lowest BCUT2D eigenvalue weighted by Crippen LogP contribution is -2.29. The summed E-state index contributed by atoms with van der Waals surface area (Å²) in [6.07, 6.45) is 0.454. The predicted octanol–water partition coefficient (Wildman–Crippen LogP) is 4.61. The second kappa shape index (κ2) is 6.80. The molecule has 4 rings (SSSR count). The molecule has 7 heteroatoms. The molecule has 2 heterocycles. The van der Waals surface area contributed by atoms with Gasteiger partial charge >= 0.3 is 0 Å². The van der Waals surface area contributed by atoms with Crippen LogP contribution in [0.5, 0.6) is 0 Å². The van der Waals surface area contributed by atoms with Crippen LogP contribution in [-0.2, 0) is 9.59 Å². The van der Waals surface area contributed by atoms with Gasteiger partial charge in [-0.05, 0) is 43.7 Å². The van der Waals surface area contributed by atoms with E-state index in [0.29, 0.717) is 33.1 Å². The van der Waals surface area contributed by atoms with E-state index in [9.17, 15) is 14.4 Å². The van der Waals surface area contributed by atoms with Gasteiger partial charge in [0.15, 0.2) is 11.3 Å².